The lowest BCUT2D eigenvalue weighted by Gasteiger charge is -2.19. The maximum Gasteiger partial charge on any atom is 0.308 e. The molecule has 0 unspecified atom stereocenters. The third-order valence-electron chi connectivity index (χ3n) is 4.90. The van der Waals surface area contributed by atoms with Crippen LogP contribution < -0.4 is 0 Å². The first-order chi connectivity index (χ1) is 20.8. The molecular weight excluding hydrogens is 572 g/mol. The smallest absolute Gasteiger partial charge is 0.308 e. The summed E-state index contributed by atoms with van der Waals surface area (Å²) in [6, 6.07) is 0. The summed E-state index contributed by atoms with van der Waals surface area (Å²) in [5, 5.41) is 0. The molecule has 256 valence electrons. The number of ether oxygens (including phenoxy) is 12. The Bertz CT molecular complexity index is 614. The molecule has 0 aliphatic rings. The van der Waals surface area contributed by atoms with Crippen LogP contribution in [-0.2, 0) is 66.4 Å². The van der Waals surface area contributed by atoms with Gasteiger partial charge < -0.3 is 56.8 Å². The molecule has 0 N–H and O–H groups in total. The average molecular weight is 629 g/mol. The third-order valence-corrected chi connectivity index (χ3v) is 4.90. The lowest BCUT2D eigenvalue weighted by molar-refractivity contribution is -0.156. The predicted molar refractivity (Wildman–Crippen MR) is 155 cm³/mol. The first-order valence-corrected chi connectivity index (χ1v) is 14.9. The van der Waals surface area contributed by atoms with Gasteiger partial charge in [0.25, 0.3) is 0 Å². The van der Waals surface area contributed by atoms with Gasteiger partial charge in [-0.15, -0.1) is 0 Å². The molecule has 0 amide bonds. The lowest BCUT2D eigenvalue weighted by Crippen LogP contribution is -2.24. The van der Waals surface area contributed by atoms with Crippen molar-refractivity contribution in [3.8, 4) is 0 Å². The molecule has 0 bridgehead atoms. The summed E-state index contributed by atoms with van der Waals surface area (Å²) in [6.07, 6.45) is 0.471. The van der Waals surface area contributed by atoms with Gasteiger partial charge in [0.15, 0.2) is 0 Å². The Kier molecular flexibility index (Phi) is 30.9. The number of carbonyl (C=O) groups excluding carboxylic acids is 2. The summed E-state index contributed by atoms with van der Waals surface area (Å²) in [5.74, 6) is -0.557. The third kappa shape index (κ3) is 36.6. The van der Waals surface area contributed by atoms with Crippen LogP contribution in [0.4, 0.5) is 0 Å². The minimum Gasteiger partial charge on any atom is -0.469 e. The van der Waals surface area contributed by atoms with Gasteiger partial charge in [0.2, 0.25) is 0 Å². The molecule has 0 aliphatic heterocycles. The van der Waals surface area contributed by atoms with Crippen molar-refractivity contribution in [1.82, 2.24) is 0 Å². The van der Waals surface area contributed by atoms with E-state index >= 15 is 0 Å². The largest absolute Gasteiger partial charge is 0.469 e. The highest BCUT2D eigenvalue weighted by molar-refractivity contribution is 5.70. The fourth-order valence-corrected chi connectivity index (χ4v) is 2.89. The minimum absolute atomic E-state index is 0.229. The van der Waals surface area contributed by atoms with Gasteiger partial charge in [0.05, 0.1) is 152 Å². The molecule has 0 saturated heterocycles. The molecule has 14 heteroatoms. The molecule has 0 aromatic heterocycles. The van der Waals surface area contributed by atoms with Crippen molar-refractivity contribution in [1.29, 1.82) is 0 Å². The quantitative estimate of drug-likeness (QED) is 0.0763. The van der Waals surface area contributed by atoms with Crippen LogP contribution in [0.2, 0.25) is 0 Å². The van der Waals surface area contributed by atoms with Crippen LogP contribution in [0.3, 0.4) is 0 Å². The molecule has 0 radical (unpaired) electrons. The number of carbonyl (C=O) groups is 2. The van der Waals surface area contributed by atoms with Crippen LogP contribution in [0.25, 0.3) is 0 Å². The molecule has 43 heavy (non-hydrogen) atoms. The Balaban J connectivity index is 3.11. The summed E-state index contributed by atoms with van der Waals surface area (Å²) in [4.78, 5) is 22.5. The summed E-state index contributed by atoms with van der Waals surface area (Å²) in [5.41, 5.74) is -0.475. The Morgan fingerprint density at radius 1 is 0.372 bits per heavy atom. The standard InChI is InChI=1S/C29H56O14/c1-29(2,3)43-28(31)6-8-34-10-12-36-14-16-38-18-20-40-22-24-42-26-25-41-23-21-39-19-17-37-15-13-35-11-9-33-7-5-27(30)32-4/h5-26H2,1-4H3. The number of rotatable bonds is 33. The van der Waals surface area contributed by atoms with E-state index in [1.54, 1.807) is 0 Å². The van der Waals surface area contributed by atoms with E-state index < -0.39 is 5.60 Å². The number of esters is 2. The van der Waals surface area contributed by atoms with Crippen LogP contribution in [0.1, 0.15) is 33.6 Å². The second-order valence-corrected chi connectivity index (χ2v) is 9.79. The van der Waals surface area contributed by atoms with E-state index in [2.05, 4.69) is 4.74 Å². The molecule has 0 aliphatic carbocycles. The molecule has 14 nitrogen and oxygen atoms in total. The van der Waals surface area contributed by atoms with E-state index in [0.717, 1.165) is 0 Å². The van der Waals surface area contributed by atoms with E-state index in [0.29, 0.717) is 132 Å². The SMILES string of the molecule is COC(=O)CCOCCOCCOCCOCCOCCOCCOCCOCCOCCOCCC(=O)OC(C)(C)C. The molecule has 0 spiro atoms. The molecule has 0 aromatic rings. The van der Waals surface area contributed by atoms with E-state index in [1.165, 1.54) is 7.11 Å². The summed E-state index contributed by atoms with van der Waals surface area (Å²) in [6.45, 7) is 14.6. The van der Waals surface area contributed by atoms with E-state index in [9.17, 15) is 9.59 Å². The van der Waals surface area contributed by atoms with Gasteiger partial charge in [-0.1, -0.05) is 0 Å². The van der Waals surface area contributed by atoms with Gasteiger partial charge in [0, 0.05) is 0 Å². The molecule has 0 atom stereocenters. The maximum atomic E-state index is 11.5. The highest BCUT2D eigenvalue weighted by Crippen LogP contribution is 2.08. The zero-order valence-corrected chi connectivity index (χ0v) is 26.8. The first kappa shape index (κ1) is 41.5. The maximum absolute atomic E-state index is 11.5. The van der Waals surface area contributed by atoms with Crippen molar-refractivity contribution in [2.75, 3.05) is 139 Å². The fourth-order valence-electron chi connectivity index (χ4n) is 2.89. The molecule has 0 saturated carbocycles. The van der Waals surface area contributed by atoms with Gasteiger partial charge in [0.1, 0.15) is 5.60 Å². The summed E-state index contributed by atoms with van der Waals surface area (Å²) >= 11 is 0. The van der Waals surface area contributed by atoms with Gasteiger partial charge in [-0.05, 0) is 20.8 Å². The van der Waals surface area contributed by atoms with E-state index in [4.69, 9.17) is 52.1 Å². The van der Waals surface area contributed by atoms with E-state index in [-0.39, 0.29) is 24.8 Å². The predicted octanol–water partition coefficient (Wildman–Crippen LogP) is 1.45. The highest BCUT2D eigenvalue weighted by atomic mass is 16.6. The van der Waals surface area contributed by atoms with Crippen molar-refractivity contribution in [3.63, 3.8) is 0 Å². The topological polar surface area (TPSA) is 145 Å². The normalized spacial score (nSPS) is 11.6. The van der Waals surface area contributed by atoms with Gasteiger partial charge in [-0.25, -0.2) is 0 Å². The number of hydrogen-bond donors (Lipinski definition) is 0. The Morgan fingerprint density at radius 2 is 0.581 bits per heavy atom. The van der Waals surface area contributed by atoms with Gasteiger partial charge >= 0.3 is 11.9 Å². The fraction of sp³-hybridized carbons (Fsp3) is 0.931. The monoisotopic (exact) mass is 628 g/mol. The van der Waals surface area contributed by atoms with Crippen LogP contribution >= 0.6 is 0 Å². The molecule has 0 aromatic carbocycles. The van der Waals surface area contributed by atoms with Crippen molar-refractivity contribution < 1.29 is 66.4 Å². The van der Waals surface area contributed by atoms with Gasteiger partial charge in [-0.3, -0.25) is 9.59 Å². The Hall–Kier alpha value is -1.46. The average Bonchev–Trinajstić information content (AvgIpc) is 2.96. The number of methoxy groups -OCH3 is 1. The number of hydrogen-bond acceptors (Lipinski definition) is 14. The second-order valence-electron chi connectivity index (χ2n) is 9.79. The van der Waals surface area contributed by atoms with Gasteiger partial charge in [-0.2, -0.15) is 0 Å². The summed E-state index contributed by atoms with van der Waals surface area (Å²) in [7, 11) is 1.35. The zero-order valence-electron chi connectivity index (χ0n) is 26.8. The van der Waals surface area contributed by atoms with Crippen LogP contribution in [0.15, 0.2) is 0 Å². The summed E-state index contributed by atoms with van der Waals surface area (Å²) < 4.78 is 63.7. The van der Waals surface area contributed by atoms with Crippen LogP contribution in [-0.4, -0.2) is 157 Å². The van der Waals surface area contributed by atoms with E-state index in [1.807, 2.05) is 20.8 Å². The van der Waals surface area contributed by atoms with Crippen molar-refractivity contribution in [2.45, 2.75) is 39.2 Å². The van der Waals surface area contributed by atoms with Crippen molar-refractivity contribution >= 4 is 11.9 Å². The molecule has 0 heterocycles. The minimum atomic E-state index is -0.475. The highest BCUT2D eigenvalue weighted by Gasteiger charge is 2.15. The zero-order chi connectivity index (χ0) is 31.7. The Labute approximate surface area is 257 Å². The second kappa shape index (κ2) is 31.9. The first-order valence-electron chi connectivity index (χ1n) is 14.9. The molecule has 0 fully saturated rings. The lowest BCUT2D eigenvalue weighted by atomic mass is 10.2. The molecule has 0 rings (SSSR count). The Morgan fingerprint density at radius 3 is 0.791 bits per heavy atom. The van der Waals surface area contributed by atoms with Crippen molar-refractivity contribution in [2.24, 2.45) is 0 Å². The van der Waals surface area contributed by atoms with Crippen LogP contribution in [0.5, 0.6) is 0 Å². The van der Waals surface area contributed by atoms with Crippen LogP contribution in [0, 0.1) is 0 Å². The van der Waals surface area contributed by atoms with Crippen molar-refractivity contribution in [3.05, 3.63) is 0 Å². The molecular formula is C29H56O14.